The first-order valence-electron chi connectivity index (χ1n) is 10.5. The molecule has 4 aromatic heterocycles. The monoisotopic (exact) mass is 455 g/mol. The van der Waals surface area contributed by atoms with Crippen LogP contribution in [-0.2, 0) is 17.8 Å². The van der Waals surface area contributed by atoms with Crippen molar-refractivity contribution in [1.29, 1.82) is 0 Å². The molecule has 0 atom stereocenters. The normalized spacial score (nSPS) is 14.1. The predicted molar refractivity (Wildman–Crippen MR) is 123 cm³/mol. The second-order valence-corrected chi connectivity index (χ2v) is 8.52. The fraction of sp³-hybridized carbons (Fsp3) is 0.120. The van der Waals surface area contributed by atoms with E-state index in [4.69, 9.17) is 18.6 Å². The molecule has 7 nitrogen and oxygen atoms in total. The van der Waals surface area contributed by atoms with Crippen LogP contribution in [0.3, 0.4) is 0 Å². The highest BCUT2D eigenvalue weighted by Gasteiger charge is 2.28. The van der Waals surface area contributed by atoms with Crippen molar-refractivity contribution < 1.29 is 18.4 Å². The van der Waals surface area contributed by atoms with Gasteiger partial charge in [-0.15, -0.1) is 21.5 Å². The first-order chi connectivity index (χ1) is 16.3. The Bertz CT molecular complexity index is 1480. The lowest BCUT2D eigenvalue weighted by molar-refractivity contribution is 0.0440. The first-order valence-corrected chi connectivity index (χ1v) is 11.3. The molecule has 0 bridgehead atoms. The SMILES string of the molecule is O=C(OCc1nnc(-c2cccs2)o1)c1c2c(nc3ccccc13)/C(=C\c1ccco1)CC2. The van der Waals surface area contributed by atoms with E-state index in [0.29, 0.717) is 17.9 Å². The molecule has 6 rings (SSSR count). The van der Waals surface area contributed by atoms with Gasteiger partial charge in [-0.1, -0.05) is 24.3 Å². The molecule has 0 aliphatic heterocycles. The average molecular weight is 455 g/mol. The summed E-state index contributed by atoms with van der Waals surface area (Å²) in [6.45, 7) is -0.0995. The summed E-state index contributed by atoms with van der Waals surface area (Å²) >= 11 is 1.50. The Hall–Kier alpha value is -4.04. The van der Waals surface area contributed by atoms with Crippen LogP contribution in [0.2, 0.25) is 0 Å². The number of pyridine rings is 1. The van der Waals surface area contributed by atoms with E-state index in [1.54, 1.807) is 6.26 Å². The summed E-state index contributed by atoms with van der Waals surface area (Å²) < 4.78 is 16.7. The summed E-state index contributed by atoms with van der Waals surface area (Å²) in [5.41, 5.74) is 4.03. The zero-order valence-corrected chi connectivity index (χ0v) is 18.2. The molecule has 0 amide bonds. The summed E-state index contributed by atoms with van der Waals surface area (Å²) in [7, 11) is 0. The molecule has 33 heavy (non-hydrogen) atoms. The van der Waals surface area contributed by atoms with Crippen molar-refractivity contribution in [1.82, 2.24) is 15.2 Å². The molecule has 1 aliphatic rings. The first kappa shape index (κ1) is 19.6. The molecule has 4 heterocycles. The van der Waals surface area contributed by atoms with E-state index < -0.39 is 5.97 Å². The molecule has 1 aliphatic carbocycles. The zero-order valence-electron chi connectivity index (χ0n) is 17.4. The minimum atomic E-state index is -0.431. The Morgan fingerprint density at radius 1 is 1.09 bits per heavy atom. The van der Waals surface area contributed by atoms with Gasteiger partial charge in [-0.2, -0.15) is 0 Å². The Morgan fingerprint density at radius 3 is 2.88 bits per heavy atom. The predicted octanol–water partition coefficient (Wildman–Crippen LogP) is 5.78. The van der Waals surface area contributed by atoms with Crippen molar-refractivity contribution in [3.8, 4) is 10.8 Å². The van der Waals surface area contributed by atoms with Crippen LogP contribution in [0.1, 0.15) is 39.7 Å². The summed E-state index contributed by atoms with van der Waals surface area (Å²) in [4.78, 5) is 19.0. The van der Waals surface area contributed by atoms with Crippen LogP contribution in [0.4, 0.5) is 0 Å². The van der Waals surface area contributed by atoms with E-state index in [0.717, 1.165) is 44.8 Å². The van der Waals surface area contributed by atoms with Gasteiger partial charge in [0.25, 0.3) is 11.8 Å². The minimum absolute atomic E-state index is 0.0995. The van der Waals surface area contributed by atoms with Crippen molar-refractivity contribution in [2.45, 2.75) is 19.4 Å². The largest absolute Gasteiger partial charge is 0.465 e. The number of hydrogen-bond acceptors (Lipinski definition) is 8. The highest BCUT2D eigenvalue weighted by atomic mass is 32.1. The van der Waals surface area contributed by atoms with E-state index in [2.05, 4.69) is 10.2 Å². The number of thiophene rings is 1. The van der Waals surface area contributed by atoms with Gasteiger partial charge < -0.3 is 13.6 Å². The van der Waals surface area contributed by atoms with E-state index in [1.165, 1.54) is 11.3 Å². The van der Waals surface area contributed by atoms with E-state index in [1.807, 2.05) is 60.0 Å². The molecule has 0 spiro atoms. The summed E-state index contributed by atoms with van der Waals surface area (Å²) in [6.07, 6.45) is 5.09. The van der Waals surface area contributed by atoms with Crippen LogP contribution in [0.5, 0.6) is 0 Å². The molecule has 8 heteroatoms. The van der Waals surface area contributed by atoms with Crippen LogP contribution in [0.15, 0.2) is 69.0 Å². The summed E-state index contributed by atoms with van der Waals surface area (Å²) in [6, 6.07) is 15.2. The smallest absolute Gasteiger partial charge is 0.339 e. The third-order valence-corrected chi connectivity index (χ3v) is 6.39. The second kappa shape index (κ2) is 8.14. The van der Waals surface area contributed by atoms with Crippen LogP contribution in [-0.4, -0.2) is 21.2 Å². The Balaban J connectivity index is 1.33. The molecular weight excluding hydrogens is 438 g/mol. The summed E-state index contributed by atoms with van der Waals surface area (Å²) in [5, 5.41) is 10.7. The maximum Gasteiger partial charge on any atom is 0.339 e. The van der Waals surface area contributed by atoms with E-state index >= 15 is 0 Å². The maximum absolute atomic E-state index is 13.3. The van der Waals surface area contributed by atoms with E-state index in [9.17, 15) is 4.79 Å². The lowest BCUT2D eigenvalue weighted by Crippen LogP contribution is -2.10. The molecule has 0 N–H and O–H groups in total. The zero-order chi connectivity index (χ0) is 22.2. The number of hydrogen-bond donors (Lipinski definition) is 0. The van der Waals surface area contributed by atoms with Gasteiger partial charge in [0, 0.05) is 5.39 Å². The molecule has 162 valence electrons. The highest BCUT2D eigenvalue weighted by molar-refractivity contribution is 7.13. The Kier molecular flexibility index (Phi) is 4.84. The minimum Gasteiger partial charge on any atom is -0.465 e. The number of para-hydroxylation sites is 1. The number of benzene rings is 1. The molecule has 0 saturated heterocycles. The number of carbonyl (C=O) groups is 1. The van der Waals surface area contributed by atoms with Crippen molar-refractivity contribution >= 4 is 39.9 Å². The molecule has 0 radical (unpaired) electrons. The van der Waals surface area contributed by atoms with Crippen molar-refractivity contribution in [2.75, 3.05) is 0 Å². The number of nitrogens with zero attached hydrogens (tertiary/aromatic N) is 3. The van der Waals surface area contributed by atoms with Gasteiger partial charge in [0.15, 0.2) is 6.61 Å². The fourth-order valence-electron chi connectivity index (χ4n) is 4.07. The molecule has 5 aromatic rings. The van der Waals surface area contributed by atoms with Gasteiger partial charge >= 0.3 is 5.97 Å². The van der Waals surface area contributed by atoms with Crippen LogP contribution >= 0.6 is 11.3 Å². The third-order valence-electron chi connectivity index (χ3n) is 5.53. The lowest BCUT2D eigenvalue weighted by atomic mass is 10.0. The number of furan rings is 1. The second-order valence-electron chi connectivity index (χ2n) is 7.57. The number of aromatic nitrogens is 3. The van der Waals surface area contributed by atoms with Crippen LogP contribution in [0, 0.1) is 0 Å². The molecule has 0 fully saturated rings. The molecule has 0 saturated carbocycles. The van der Waals surface area contributed by atoms with E-state index in [-0.39, 0.29) is 12.5 Å². The van der Waals surface area contributed by atoms with Crippen LogP contribution in [0.25, 0.3) is 33.3 Å². The quantitative estimate of drug-likeness (QED) is 0.310. The van der Waals surface area contributed by atoms with Gasteiger partial charge in [0.2, 0.25) is 0 Å². The Labute approximate surface area is 192 Å². The van der Waals surface area contributed by atoms with Crippen molar-refractivity contribution in [3.05, 3.63) is 88.6 Å². The maximum atomic E-state index is 13.3. The molecular formula is C25H17N3O4S. The Morgan fingerprint density at radius 2 is 2.03 bits per heavy atom. The van der Waals surface area contributed by atoms with Crippen molar-refractivity contribution in [2.24, 2.45) is 0 Å². The third kappa shape index (κ3) is 3.64. The standard InChI is InChI=1S/C25H17N3O4S/c29-25(31-14-21-27-28-24(32-21)20-8-4-12-33-20)22-17-6-1-2-7-19(17)26-23-15(9-10-18(22)23)13-16-5-3-11-30-16/h1-8,11-13H,9-10,14H2/b15-13-. The molecule has 1 aromatic carbocycles. The van der Waals surface area contributed by atoms with Gasteiger partial charge in [-0.3, -0.25) is 0 Å². The number of rotatable bonds is 5. The highest BCUT2D eigenvalue weighted by Crippen LogP contribution is 2.38. The van der Waals surface area contributed by atoms with Gasteiger partial charge in [0.1, 0.15) is 5.76 Å². The number of fused-ring (bicyclic) bond motifs is 2. The number of esters is 1. The van der Waals surface area contributed by atoms with Crippen LogP contribution < -0.4 is 0 Å². The molecule has 0 unspecified atom stereocenters. The summed E-state index contributed by atoms with van der Waals surface area (Å²) in [5.74, 6) is 0.994. The number of carbonyl (C=O) groups excluding carboxylic acids is 1. The fourth-order valence-corrected chi connectivity index (χ4v) is 4.71. The van der Waals surface area contributed by atoms with Gasteiger partial charge in [0.05, 0.1) is 27.9 Å². The van der Waals surface area contributed by atoms with Gasteiger partial charge in [-0.25, -0.2) is 9.78 Å². The number of allylic oxidation sites excluding steroid dienone is 1. The topological polar surface area (TPSA) is 91.2 Å². The van der Waals surface area contributed by atoms with Gasteiger partial charge in [-0.05, 0) is 59.7 Å². The number of ether oxygens (including phenoxy) is 1. The van der Waals surface area contributed by atoms with Crippen molar-refractivity contribution in [3.63, 3.8) is 0 Å². The average Bonchev–Trinajstić information content (AvgIpc) is 3.64. The lowest BCUT2D eigenvalue weighted by Gasteiger charge is -2.11.